The lowest BCUT2D eigenvalue weighted by Crippen LogP contribution is -2.12. The van der Waals surface area contributed by atoms with Crippen LogP contribution in [-0.4, -0.2) is 47.4 Å². The van der Waals surface area contributed by atoms with Gasteiger partial charge in [0.2, 0.25) is 0 Å². The molecule has 0 saturated carbocycles. The molecule has 0 aliphatic rings. The zero-order chi connectivity index (χ0) is 22.4. The van der Waals surface area contributed by atoms with Crippen molar-refractivity contribution in [2.75, 3.05) is 32.2 Å². The van der Waals surface area contributed by atoms with Gasteiger partial charge in [-0.15, -0.1) is 0 Å². The number of methoxy groups -OCH3 is 1. The number of phenolic OH excluding ortho intramolecular Hbond substituents is 1. The highest BCUT2D eigenvalue weighted by Crippen LogP contribution is 2.30. The highest BCUT2D eigenvalue weighted by atomic mass is 16.6. The molecule has 1 aromatic heterocycles. The number of phenols is 1. The van der Waals surface area contributed by atoms with Crippen LogP contribution in [0.4, 0.5) is 11.4 Å². The summed E-state index contributed by atoms with van der Waals surface area (Å²) in [5.74, 6) is -0.372. The minimum absolute atomic E-state index is 0.0492. The minimum atomic E-state index is -0.451. The minimum Gasteiger partial charge on any atom is -0.508 e. The van der Waals surface area contributed by atoms with Crippen LogP contribution in [0, 0.1) is 17.0 Å². The van der Waals surface area contributed by atoms with Crippen molar-refractivity contribution in [2.24, 2.45) is 0 Å². The number of esters is 1. The van der Waals surface area contributed by atoms with Crippen molar-refractivity contribution < 1.29 is 24.3 Å². The number of aryl methyl sites for hydroxylation is 1. The lowest BCUT2D eigenvalue weighted by atomic mass is 10.1. The van der Waals surface area contributed by atoms with Gasteiger partial charge in [-0.3, -0.25) is 10.1 Å². The van der Waals surface area contributed by atoms with E-state index < -0.39 is 10.9 Å². The number of nitrogens with zero attached hydrogens (tertiary/aromatic N) is 2. The van der Waals surface area contributed by atoms with Crippen LogP contribution in [0.15, 0.2) is 42.5 Å². The first-order chi connectivity index (χ1) is 14.9. The van der Waals surface area contributed by atoms with Gasteiger partial charge in [0.05, 0.1) is 17.1 Å². The first-order valence-electron chi connectivity index (χ1n) is 9.88. The zero-order valence-electron chi connectivity index (χ0n) is 17.5. The molecule has 2 N–H and O–H groups in total. The highest BCUT2D eigenvalue weighted by molar-refractivity contribution is 6.06. The van der Waals surface area contributed by atoms with Crippen LogP contribution in [0.3, 0.4) is 0 Å². The highest BCUT2D eigenvalue weighted by Gasteiger charge is 2.21. The number of nitro benzene ring substituents is 1. The van der Waals surface area contributed by atoms with Gasteiger partial charge in [-0.2, -0.15) is 0 Å². The van der Waals surface area contributed by atoms with E-state index in [0.717, 1.165) is 23.3 Å². The molecule has 1 heterocycles. The molecule has 0 aliphatic carbocycles. The predicted molar refractivity (Wildman–Crippen MR) is 117 cm³/mol. The van der Waals surface area contributed by atoms with Crippen molar-refractivity contribution in [3.63, 3.8) is 0 Å². The summed E-state index contributed by atoms with van der Waals surface area (Å²) in [7, 11) is 1.54. The van der Waals surface area contributed by atoms with Crippen LogP contribution in [0.25, 0.3) is 10.9 Å². The number of nitrogens with one attached hydrogen (secondary N) is 1. The smallest absolute Gasteiger partial charge is 0.340 e. The van der Waals surface area contributed by atoms with Gasteiger partial charge in [0.25, 0.3) is 5.69 Å². The fourth-order valence-corrected chi connectivity index (χ4v) is 3.48. The van der Waals surface area contributed by atoms with Crippen LogP contribution in [0.5, 0.6) is 5.75 Å². The van der Waals surface area contributed by atoms with Crippen LogP contribution in [0.1, 0.15) is 22.5 Å². The Labute approximate surface area is 179 Å². The lowest BCUT2D eigenvalue weighted by molar-refractivity contribution is -0.384. The van der Waals surface area contributed by atoms with Crippen molar-refractivity contribution in [1.82, 2.24) is 4.57 Å². The molecular weight excluding hydrogens is 402 g/mol. The molecule has 2 aromatic carbocycles. The maximum atomic E-state index is 12.6. The Hall–Kier alpha value is -3.59. The summed E-state index contributed by atoms with van der Waals surface area (Å²) in [4.78, 5) is 22.9. The Kier molecular flexibility index (Phi) is 7.09. The normalized spacial score (nSPS) is 10.9. The molecular formula is C22H25N3O6. The molecule has 0 aliphatic heterocycles. The summed E-state index contributed by atoms with van der Waals surface area (Å²) in [5, 5.41) is 24.5. The van der Waals surface area contributed by atoms with E-state index in [0.29, 0.717) is 30.6 Å². The van der Waals surface area contributed by atoms with Crippen molar-refractivity contribution in [1.29, 1.82) is 0 Å². The topological polar surface area (TPSA) is 116 Å². The number of fused-ring (bicyclic) bond motifs is 1. The number of non-ortho nitro benzene ring substituents is 1. The lowest BCUT2D eigenvalue weighted by Gasteiger charge is -2.10. The molecule has 164 valence electrons. The summed E-state index contributed by atoms with van der Waals surface area (Å²) in [6, 6.07) is 11.2. The second-order valence-corrected chi connectivity index (χ2v) is 7.03. The summed E-state index contributed by atoms with van der Waals surface area (Å²) in [6.07, 6.45) is 0.751. The van der Waals surface area contributed by atoms with E-state index in [2.05, 4.69) is 5.32 Å². The monoisotopic (exact) mass is 427 g/mol. The van der Waals surface area contributed by atoms with Crippen LogP contribution >= 0.6 is 0 Å². The van der Waals surface area contributed by atoms with E-state index in [1.165, 1.54) is 19.2 Å². The van der Waals surface area contributed by atoms with E-state index >= 15 is 0 Å². The van der Waals surface area contributed by atoms with Crippen LogP contribution in [0.2, 0.25) is 0 Å². The summed E-state index contributed by atoms with van der Waals surface area (Å²) in [5.41, 5.74) is 2.88. The maximum Gasteiger partial charge on any atom is 0.340 e. The van der Waals surface area contributed by atoms with Gasteiger partial charge in [-0.1, -0.05) is 0 Å². The Bertz CT molecular complexity index is 1080. The largest absolute Gasteiger partial charge is 0.508 e. The molecule has 0 spiro atoms. The van der Waals surface area contributed by atoms with E-state index in [1.807, 2.05) is 11.5 Å². The van der Waals surface area contributed by atoms with Gasteiger partial charge in [-0.25, -0.2) is 4.79 Å². The molecule has 0 fully saturated rings. The predicted octanol–water partition coefficient (Wildman–Crippen LogP) is 3.87. The molecule has 3 aromatic rings. The van der Waals surface area contributed by atoms with Gasteiger partial charge in [-0.05, 0) is 43.7 Å². The van der Waals surface area contributed by atoms with E-state index in [-0.39, 0.29) is 18.0 Å². The first-order valence-corrected chi connectivity index (χ1v) is 9.88. The quantitative estimate of drug-likeness (QED) is 0.218. The van der Waals surface area contributed by atoms with Gasteiger partial charge < -0.3 is 24.5 Å². The molecule has 31 heavy (non-hydrogen) atoms. The zero-order valence-corrected chi connectivity index (χ0v) is 17.5. The number of hydrogen-bond donors (Lipinski definition) is 2. The molecule has 0 bridgehead atoms. The fourth-order valence-electron chi connectivity index (χ4n) is 3.48. The molecule has 9 nitrogen and oxygen atoms in total. The molecule has 0 atom stereocenters. The standard InChI is InChI=1S/C22H25N3O6/c1-15-21(22(27)31-13-12-30-2)19-14-18(26)8-9-20(19)24(15)11-3-10-23-16-4-6-17(7-5-16)25(28)29/h4-9,14,23,26H,3,10-13H2,1-2H3. The van der Waals surface area contributed by atoms with E-state index in [4.69, 9.17) is 9.47 Å². The van der Waals surface area contributed by atoms with E-state index in [1.54, 1.807) is 30.3 Å². The molecule has 0 unspecified atom stereocenters. The van der Waals surface area contributed by atoms with Crippen molar-refractivity contribution >= 4 is 28.2 Å². The molecule has 0 amide bonds. The molecule has 9 heteroatoms. The number of carbonyl (C=O) groups excluding carboxylic acids is 1. The third kappa shape index (κ3) is 5.13. The molecule has 0 saturated heterocycles. The molecule has 3 rings (SSSR count). The van der Waals surface area contributed by atoms with Crippen molar-refractivity contribution in [3.05, 3.63) is 63.8 Å². The first kappa shape index (κ1) is 22.1. The van der Waals surface area contributed by atoms with Crippen LogP contribution < -0.4 is 5.32 Å². The van der Waals surface area contributed by atoms with Gasteiger partial charge >= 0.3 is 5.97 Å². The number of carbonyl (C=O) groups is 1. The third-order valence-electron chi connectivity index (χ3n) is 5.00. The van der Waals surface area contributed by atoms with Gasteiger partial charge in [0.1, 0.15) is 12.4 Å². The number of benzene rings is 2. The van der Waals surface area contributed by atoms with Crippen LogP contribution in [-0.2, 0) is 16.0 Å². The average molecular weight is 427 g/mol. The fraction of sp³-hybridized carbons (Fsp3) is 0.318. The van der Waals surface area contributed by atoms with E-state index in [9.17, 15) is 20.0 Å². The second kappa shape index (κ2) is 9.94. The SMILES string of the molecule is COCCOC(=O)c1c(C)n(CCCNc2ccc([N+](=O)[O-])cc2)c2ccc(O)cc12. The number of nitro groups is 1. The van der Waals surface area contributed by atoms with Gasteiger partial charge in [0, 0.05) is 54.6 Å². The third-order valence-corrected chi connectivity index (χ3v) is 5.00. The summed E-state index contributed by atoms with van der Waals surface area (Å²) >= 11 is 0. The summed E-state index contributed by atoms with van der Waals surface area (Å²) < 4.78 is 12.3. The number of aromatic nitrogens is 1. The summed E-state index contributed by atoms with van der Waals surface area (Å²) in [6.45, 7) is 3.59. The number of ether oxygens (including phenoxy) is 2. The second-order valence-electron chi connectivity index (χ2n) is 7.03. The van der Waals surface area contributed by atoms with Crippen molar-refractivity contribution in [2.45, 2.75) is 19.9 Å². The Balaban J connectivity index is 1.72. The maximum absolute atomic E-state index is 12.6. The van der Waals surface area contributed by atoms with Gasteiger partial charge in [0.15, 0.2) is 0 Å². The number of hydrogen-bond acceptors (Lipinski definition) is 7. The van der Waals surface area contributed by atoms with Crippen molar-refractivity contribution in [3.8, 4) is 5.75 Å². The number of anilines is 1. The average Bonchev–Trinajstić information content (AvgIpc) is 3.02. The Morgan fingerprint density at radius 1 is 1.19 bits per heavy atom. The Morgan fingerprint density at radius 3 is 2.61 bits per heavy atom. The number of rotatable bonds is 10. The molecule has 0 radical (unpaired) electrons. The number of aromatic hydroxyl groups is 1. The Morgan fingerprint density at radius 2 is 1.94 bits per heavy atom.